The molecule has 0 radical (unpaired) electrons. The Morgan fingerprint density at radius 1 is 0.800 bits per heavy atom. The van der Waals surface area contributed by atoms with Gasteiger partial charge in [0, 0.05) is 47.0 Å². The first-order valence-electron chi connectivity index (χ1n) is 9.50. The smallest absolute Gasteiger partial charge is 0.255 e. The van der Waals surface area contributed by atoms with E-state index in [0.717, 1.165) is 28.2 Å². The number of nitrogens with zero attached hydrogens (tertiary/aromatic N) is 4. The van der Waals surface area contributed by atoms with E-state index in [2.05, 4.69) is 15.3 Å². The van der Waals surface area contributed by atoms with E-state index in [0.29, 0.717) is 11.3 Å². The van der Waals surface area contributed by atoms with Gasteiger partial charge in [-0.3, -0.25) is 9.78 Å². The van der Waals surface area contributed by atoms with Crippen LogP contribution in [0.25, 0.3) is 28.2 Å². The lowest BCUT2D eigenvalue weighted by Gasteiger charge is -2.09. The number of pyridine rings is 1. The van der Waals surface area contributed by atoms with Crippen molar-refractivity contribution in [2.75, 3.05) is 5.32 Å². The highest BCUT2D eigenvalue weighted by Crippen LogP contribution is 2.25. The van der Waals surface area contributed by atoms with Gasteiger partial charge in [0.15, 0.2) is 5.65 Å². The van der Waals surface area contributed by atoms with Crippen LogP contribution in [0.2, 0.25) is 0 Å². The summed E-state index contributed by atoms with van der Waals surface area (Å²) in [5.41, 5.74) is 5.69. The van der Waals surface area contributed by atoms with E-state index < -0.39 is 0 Å². The number of fused-ring (bicyclic) bond motifs is 1. The first-order chi connectivity index (χ1) is 14.8. The van der Waals surface area contributed by atoms with Crippen molar-refractivity contribution >= 4 is 17.2 Å². The molecule has 0 aliphatic rings. The summed E-state index contributed by atoms with van der Waals surface area (Å²) in [4.78, 5) is 21.0. The van der Waals surface area contributed by atoms with E-state index in [-0.39, 0.29) is 5.91 Å². The Labute approximate surface area is 172 Å². The number of benzene rings is 2. The molecule has 0 bridgehead atoms. The van der Waals surface area contributed by atoms with Gasteiger partial charge in [0.05, 0.1) is 11.4 Å². The number of carbonyl (C=O) groups is 1. The maximum atomic E-state index is 12.5. The van der Waals surface area contributed by atoms with E-state index in [9.17, 15) is 4.79 Å². The molecule has 144 valence electrons. The van der Waals surface area contributed by atoms with Gasteiger partial charge in [-0.15, -0.1) is 0 Å². The molecule has 0 aliphatic carbocycles. The summed E-state index contributed by atoms with van der Waals surface area (Å²) >= 11 is 0. The van der Waals surface area contributed by atoms with E-state index in [1.54, 1.807) is 30.7 Å². The van der Waals surface area contributed by atoms with Crippen LogP contribution in [0.3, 0.4) is 0 Å². The van der Waals surface area contributed by atoms with Crippen LogP contribution >= 0.6 is 0 Å². The number of aromatic nitrogens is 4. The molecule has 6 nitrogen and oxygen atoms in total. The van der Waals surface area contributed by atoms with Gasteiger partial charge in [0.25, 0.3) is 5.91 Å². The SMILES string of the molecule is O=C(Nc1cccc(-c2ccnc3cc(-c4ccncc4)nn23)c1)c1ccccc1. The fourth-order valence-corrected chi connectivity index (χ4v) is 3.33. The van der Waals surface area contributed by atoms with Crippen LogP contribution in [0.1, 0.15) is 10.4 Å². The van der Waals surface area contributed by atoms with Gasteiger partial charge >= 0.3 is 0 Å². The number of anilines is 1. The number of amides is 1. The van der Waals surface area contributed by atoms with Crippen LogP contribution in [0.5, 0.6) is 0 Å². The summed E-state index contributed by atoms with van der Waals surface area (Å²) in [7, 11) is 0. The molecule has 6 heteroatoms. The molecule has 0 saturated carbocycles. The van der Waals surface area contributed by atoms with Crippen LogP contribution in [0, 0.1) is 0 Å². The standard InChI is InChI=1S/C24H17N5O/c30-24(18-5-2-1-3-6-18)27-20-8-4-7-19(15-20)22-11-14-26-23-16-21(28-29(22)23)17-9-12-25-13-10-17/h1-16H,(H,27,30). The summed E-state index contributed by atoms with van der Waals surface area (Å²) in [5.74, 6) is -0.147. The molecule has 3 aromatic heterocycles. The van der Waals surface area contributed by atoms with Crippen LogP contribution in [0.4, 0.5) is 5.69 Å². The Hall–Kier alpha value is -4.32. The highest BCUT2D eigenvalue weighted by Gasteiger charge is 2.11. The third-order valence-electron chi connectivity index (χ3n) is 4.79. The van der Waals surface area contributed by atoms with Crippen molar-refractivity contribution in [2.24, 2.45) is 0 Å². The summed E-state index contributed by atoms with van der Waals surface area (Å²) in [6.45, 7) is 0. The molecule has 1 amide bonds. The molecule has 2 aromatic carbocycles. The van der Waals surface area contributed by atoms with Crippen LogP contribution in [-0.4, -0.2) is 25.5 Å². The molecule has 0 saturated heterocycles. The zero-order valence-corrected chi connectivity index (χ0v) is 15.9. The number of hydrogen-bond acceptors (Lipinski definition) is 4. The quantitative estimate of drug-likeness (QED) is 0.482. The zero-order valence-electron chi connectivity index (χ0n) is 15.9. The van der Waals surface area contributed by atoms with Gasteiger partial charge in [-0.2, -0.15) is 5.10 Å². The lowest BCUT2D eigenvalue weighted by molar-refractivity contribution is 0.102. The summed E-state index contributed by atoms with van der Waals surface area (Å²) in [6, 6.07) is 24.5. The average molecular weight is 391 g/mol. The van der Waals surface area contributed by atoms with Gasteiger partial charge < -0.3 is 5.32 Å². The molecule has 0 unspecified atom stereocenters. The van der Waals surface area contributed by atoms with Crippen molar-refractivity contribution in [3.05, 3.63) is 103 Å². The second-order valence-corrected chi connectivity index (χ2v) is 6.77. The largest absolute Gasteiger partial charge is 0.322 e. The predicted molar refractivity (Wildman–Crippen MR) is 116 cm³/mol. The Morgan fingerprint density at radius 3 is 2.47 bits per heavy atom. The number of hydrogen-bond donors (Lipinski definition) is 1. The zero-order chi connectivity index (χ0) is 20.3. The second kappa shape index (κ2) is 7.60. The number of nitrogens with one attached hydrogen (secondary N) is 1. The minimum absolute atomic E-state index is 0.147. The van der Waals surface area contributed by atoms with Gasteiger partial charge in [0.1, 0.15) is 0 Å². The highest BCUT2D eigenvalue weighted by molar-refractivity contribution is 6.04. The van der Waals surface area contributed by atoms with E-state index in [4.69, 9.17) is 5.10 Å². The topological polar surface area (TPSA) is 72.2 Å². The molecular formula is C24H17N5O. The van der Waals surface area contributed by atoms with E-state index >= 15 is 0 Å². The molecule has 0 spiro atoms. The van der Waals surface area contributed by atoms with Crippen molar-refractivity contribution < 1.29 is 4.79 Å². The summed E-state index contributed by atoms with van der Waals surface area (Å²) < 4.78 is 1.81. The van der Waals surface area contributed by atoms with Gasteiger partial charge in [-0.1, -0.05) is 30.3 Å². The fourth-order valence-electron chi connectivity index (χ4n) is 3.33. The van der Waals surface area contributed by atoms with Crippen molar-refractivity contribution in [2.45, 2.75) is 0 Å². The molecule has 3 heterocycles. The van der Waals surface area contributed by atoms with Crippen molar-refractivity contribution in [1.29, 1.82) is 0 Å². The van der Waals surface area contributed by atoms with Gasteiger partial charge in [-0.25, -0.2) is 9.50 Å². The summed E-state index contributed by atoms with van der Waals surface area (Å²) in [6.07, 6.45) is 5.25. The monoisotopic (exact) mass is 391 g/mol. The number of carbonyl (C=O) groups excluding carboxylic acids is 1. The van der Waals surface area contributed by atoms with E-state index in [1.165, 1.54) is 0 Å². The second-order valence-electron chi connectivity index (χ2n) is 6.77. The van der Waals surface area contributed by atoms with Crippen LogP contribution < -0.4 is 5.32 Å². The normalized spacial score (nSPS) is 10.8. The Balaban J connectivity index is 1.51. The summed E-state index contributed by atoms with van der Waals surface area (Å²) in [5, 5.41) is 7.69. The third kappa shape index (κ3) is 3.42. The van der Waals surface area contributed by atoms with Crippen molar-refractivity contribution in [3.63, 3.8) is 0 Å². The lowest BCUT2D eigenvalue weighted by Crippen LogP contribution is -2.11. The molecular weight excluding hydrogens is 374 g/mol. The molecule has 0 atom stereocenters. The average Bonchev–Trinajstić information content (AvgIpc) is 3.25. The van der Waals surface area contributed by atoms with Crippen LogP contribution in [-0.2, 0) is 0 Å². The first kappa shape index (κ1) is 17.8. The molecule has 1 N–H and O–H groups in total. The number of rotatable bonds is 4. The maximum absolute atomic E-state index is 12.5. The Kier molecular flexibility index (Phi) is 4.50. The van der Waals surface area contributed by atoms with Crippen molar-refractivity contribution in [1.82, 2.24) is 19.6 Å². The molecule has 30 heavy (non-hydrogen) atoms. The maximum Gasteiger partial charge on any atom is 0.255 e. The van der Waals surface area contributed by atoms with Gasteiger partial charge in [-0.05, 0) is 42.5 Å². The Bertz CT molecular complexity index is 1330. The first-order valence-corrected chi connectivity index (χ1v) is 9.50. The molecule has 5 rings (SSSR count). The van der Waals surface area contributed by atoms with Crippen LogP contribution in [0.15, 0.2) is 97.5 Å². The minimum Gasteiger partial charge on any atom is -0.322 e. The minimum atomic E-state index is -0.147. The third-order valence-corrected chi connectivity index (χ3v) is 4.79. The predicted octanol–water partition coefficient (Wildman–Crippen LogP) is 4.71. The lowest BCUT2D eigenvalue weighted by atomic mass is 10.1. The fraction of sp³-hybridized carbons (Fsp3) is 0. The molecule has 5 aromatic rings. The highest BCUT2D eigenvalue weighted by atomic mass is 16.1. The molecule has 0 fully saturated rings. The Morgan fingerprint density at radius 2 is 1.63 bits per heavy atom. The van der Waals surface area contributed by atoms with E-state index in [1.807, 2.05) is 71.2 Å². The molecule has 0 aliphatic heterocycles. The van der Waals surface area contributed by atoms with Crippen molar-refractivity contribution in [3.8, 4) is 22.5 Å². The van der Waals surface area contributed by atoms with Gasteiger partial charge in [0.2, 0.25) is 0 Å².